The fourth-order valence-corrected chi connectivity index (χ4v) is 2.58. The van der Waals surface area contributed by atoms with Gasteiger partial charge in [0.1, 0.15) is 11.6 Å². The van der Waals surface area contributed by atoms with Crippen LogP contribution in [-0.4, -0.2) is 17.6 Å². The standard InChI is InChI=1S/C16H19ClFN3/c1-2-20-13(8-11-6-7-21-15(19)9-11)10-12-4-3-5-14(17)16(12)18/h3-7,9,13,20H,2,8,10H2,1H3,(H2,19,21). The molecule has 0 fully saturated rings. The number of nitrogens with zero attached hydrogens (tertiary/aromatic N) is 1. The molecule has 0 radical (unpaired) electrons. The topological polar surface area (TPSA) is 50.9 Å². The molecule has 3 nitrogen and oxygen atoms in total. The Morgan fingerprint density at radius 1 is 1.33 bits per heavy atom. The molecule has 21 heavy (non-hydrogen) atoms. The molecule has 1 heterocycles. The van der Waals surface area contributed by atoms with Gasteiger partial charge >= 0.3 is 0 Å². The summed E-state index contributed by atoms with van der Waals surface area (Å²) in [4.78, 5) is 3.98. The maximum atomic E-state index is 14.0. The lowest BCUT2D eigenvalue weighted by atomic mass is 9.99. The van der Waals surface area contributed by atoms with E-state index in [1.54, 1.807) is 24.4 Å². The number of hydrogen-bond donors (Lipinski definition) is 2. The molecule has 1 aromatic heterocycles. The van der Waals surface area contributed by atoms with Crippen LogP contribution < -0.4 is 11.1 Å². The van der Waals surface area contributed by atoms with Gasteiger partial charge in [-0.05, 0) is 48.7 Å². The Balaban J connectivity index is 2.13. The summed E-state index contributed by atoms with van der Waals surface area (Å²) in [6, 6.07) is 8.99. The minimum Gasteiger partial charge on any atom is -0.384 e. The molecule has 0 aliphatic carbocycles. The van der Waals surface area contributed by atoms with Crippen molar-refractivity contribution in [3.05, 3.63) is 58.5 Å². The Bertz CT molecular complexity index is 604. The van der Waals surface area contributed by atoms with E-state index in [1.165, 1.54) is 0 Å². The highest BCUT2D eigenvalue weighted by Crippen LogP contribution is 2.20. The van der Waals surface area contributed by atoms with Crippen molar-refractivity contribution in [3.63, 3.8) is 0 Å². The maximum absolute atomic E-state index is 14.0. The molecule has 2 aromatic rings. The number of likely N-dealkylation sites (N-methyl/N-ethyl adjacent to an activating group) is 1. The average molecular weight is 308 g/mol. The lowest BCUT2D eigenvalue weighted by molar-refractivity contribution is 0.506. The highest BCUT2D eigenvalue weighted by atomic mass is 35.5. The van der Waals surface area contributed by atoms with Gasteiger partial charge in [-0.25, -0.2) is 9.37 Å². The van der Waals surface area contributed by atoms with Gasteiger partial charge in [-0.2, -0.15) is 0 Å². The van der Waals surface area contributed by atoms with Crippen molar-refractivity contribution in [2.45, 2.75) is 25.8 Å². The lowest BCUT2D eigenvalue weighted by Gasteiger charge is -2.19. The van der Waals surface area contributed by atoms with Crippen molar-refractivity contribution in [1.29, 1.82) is 0 Å². The summed E-state index contributed by atoms with van der Waals surface area (Å²) in [5.41, 5.74) is 7.40. The zero-order valence-corrected chi connectivity index (χ0v) is 12.7. The number of anilines is 1. The minimum absolute atomic E-state index is 0.116. The van der Waals surface area contributed by atoms with Gasteiger partial charge in [0.25, 0.3) is 0 Å². The molecule has 1 unspecified atom stereocenters. The van der Waals surface area contributed by atoms with Crippen molar-refractivity contribution >= 4 is 17.4 Å². The summed E-state index contributed by atoms with van der Waals surface area (Å²) in [7, 11) is 0. The first-order chi connectivity index (χ1) is 10.1. The fourth-order valence-electron chi connectivity index (χ4n) is 2.38. The number of nitrogens with one attached hydrogen (secondary N) is 1. The first kappa shape index (κ1) is 15.7. The van der Waals surface area contributed by atoms with Crippen LogP contribution in [0, 0.1) is 5.82 Å². The molecule has 5 heteroatoms. The Morgan fingerprint density at radius 3 is 2.86 bits per heavy atom. The second kappa shape index (κ2) is 7.38. The Morgan fingerprint density at radius 2 is 2.14 bits per heavy atom. The number of hydrogen-bond acceptors (Lipinski definition) is 3. The van der Waals surface area contributed by atoms with E-state index >= 15 is 0 Å². The number of rotatable bonds is 6. The number of nitrogens with two attached hydrogens (primary N) is 1. The van der Waals surface area contributed by atoms with E-state index in [0.717, 1.165) is 18.5 Å². The van der Waals surface area contributed by atoms with Crippen LogP contribution >= 0.6 is 11.6 Å². The highest BCUT2D eigenvalue weighted by molar-refractivity contribution is 6.30. The Kier molecular flexibility index (Phi) is 5.53. The first-order valence-electron chi connectivity index (χ1n) is 6.96. The van der Waals surface area contributed by atoms with Crippen LogP contribution in [0.1, 0.15) is 18.1 Å². The molecule has 0 bridgehead atoms. The average Bonchev–Trinajstić information content (AvgIpc) is 2.44. The fraction of sp³-hybridized carbons (Fsp3) is 0.312. The van der Waals surface area contributed by atoms with Gasteiger partial charge in [-0.15, -0.1) is 0 Å². The summed E-state index contributed by atoms with van der Waals surface area (Å²) < 4.78 is 14.0. The van der Waals surface area contributed by atoms with Crippen LogP contribution in [0.4, 0.5) is 10.2 Å². The number of aromatic nitrogens is 1. The summed E-state index contributed by atoms with van der Waals surface area (Å²) >= 11 is 5.84. The van der Waals surface area contributed by atoms with Crippen LogP contribution in [0.15, 0.2) is 36.5 Å². The number of halogens is 2. The molecule has 0 aliphatic rings. The van der Waals surface area contributed by atoms with Crippen LogP contribution in [0.2, 0.25) is 5.02 Å². The third kappa shape index (κ3) is 4.41. The van der Waals surface area contributed by atoms with E-state index < -0.39 is 0 Å². The molecule has 0 amide bonds. The largest absolute Gasteiger partial charge is 0.384 e. The first-order valence-corrected chi connectivity index (χ1v) is 7.34. The van der Waals surface area contributed by atoms with E-state index in [1.807, 2.05) is 19.1 Å². The van der Waals surface area contributed by atoms with Gasteiger partial charge < -0.3 is 11.1 Å². The number of benzene rings is 1. The molecule has 2 rings (SSSR count). The van der Waals surface area contributed by atoms with Crippen molar-refractivity contribution < 1.29 is 4.39 Å². The van der Waals surface area contributed by atoms with Gasteiger partial charge in [0.15, 0.2) is 0 Å². The van der Waals surface area contributed by atoms with Gasteiger partial charge in [0.2, 0.25) is 0 Å². The third-order valence-corrected chi connectivity index (χ3v) is 3.61. The van der Waals surface area contributed by atoms with Crippen molar-refractivity contribution in [3.8, 4) is 0 Å². The molecule has 3 N–H and O–H groups in total. The monoisotopic (exact) mass is 307 g/mol. The quantitative estimate of drug-likeness (QED) is 0.861. The summed E-state index contributed by atoms with van der Waals surface area (Å²) in [5.74, 6) is 0.160. The third-order valence-electron chi connectivity index (χ3n) is 3.32. The smallest absolute Gasteiger partial charge is 0.145 e. The molecular formula is C16H19ClFN3. The van der Waals surface area contributed by atoms with Gasteiger partial charge in [0.05, 0.1) is 5.02 Å². The van der Waals surface area contributed by atoms with Crippen LogP contribution in [0.25, 0.3) is 0 Å². The van der Waals surface area contributed by atoms with Crippen LogP contribution in [-0.2, 0) is 12.8 Å². The zero-order chi connectivity index (χ0) is 15.2. The second-order valence-electron chi connectivity index (χ2n) is 4.96. The predicted octanol–water partition coefficient (Wildman–Crippen LogP) is 3.22. The zero-order valence-electron chi connectivity index (χ0n) is 11.9. The van der Waals surface area contributed by atoms with Crippen LogP contribution in [0.5, 0.6) is 0 Å². The van der Waals surface area contributed by atoms with E-state index in [2.05, 4.69) is 10.3 Å². The second-order valence-corrected chi connectivity index (χ2v) is 5.37. The summed E-state index contributed by atoms with van der Waals surface area (Å²) in [6.45, 7) is 2.84. The number of nitrogen functional groups attached to an aromatic ring is 1. The highest BCUT2D eigenvalue weighted by Gasteiger charge is 2.14. The molecule has 0 aliphatic heterocycles. The molecule has 1 aromatic carbocycles. The predicted molar refractivity (Wildman–Crippen MR) is 84.9 cm³/mol. The number of pyridine rings is 1. The maximum Gasteiger partial charge on any atom is 0.145 e. The van der Waals surface area contributed by atoms with E-state index in [-0.39, 0.29) is 16.9 Å². The molecule has 0 saturated heterocycles. The van der Waals surface area contributed by atoms with E-state index in [0.29, 0.717) is 17.8 Å². The summed E-state index contributed by atoms with van der Waals surface area (Å²) in [6.07, 6.45) is 3.02. The van der Waals surface area contributed by atoms with E-state index in [9.17, 15) is 4.39 Å². The normalized spacial score (nSPS) is 12.3. The lowest BCUT2D eigenvalue weighted by Crippen LogP contribution is -2.33. The van der Waals surface area contributed by atoms with Crippen molar-refractivity contribution in [2.24, 2.45) is 0 Å². The minimum atomic E-state index is -0.337. The summed E-state index contributed by atoms with van der Waals surface area (Å²) in [5, 5.41) is 3.54. The van der Waals surface area contributed by atoms with Crippen molar-refractivity contribution in [2.75, 3.05) is 12.3 Å². The van der Waals surface area contributed by atoms with Crippen molar-refractivity contribution in [1.82, 2.24) is 10.3 Å². The van der Waals surface area contributed by atoms with Crippen LogP contribution in [0.3, 0.4) is 0 Å². The molecule has 112 valence electrons. The molecular weight excluding hydrogens is 289 g/mol. The van der Waals surface area contributed by atoms with Gasteiger partial charge in [-0.3, -0.25) is 0 Å². The SMILES string of the molecule is CCNC(Cc1ccnc(N)c1)Cc1cccc(Cl)c1F. The Labute approximate surface area is 129 Å². The Hall–Kier alpha value is -1.65. The molecule has 0 spiro atoms. The van der Waals surface area contributed by atoms with Gasteiger partial charge in [-0.1, -0.05) is 30.7 Å². The molecule has 0 saturated carbocycles. The van der Waals surface area contributed by atoms with E-state index in [4.69, 9.17) is 17.3 Å². The van der Waals surface area contributed by atoms with Gasteiger partial charge in [0, 0.05) is 12.2 Å². The molecule has 1 atom stereocenters.